The van der Waals surface area contributed by atoms with Gasteiger partial charge in [0.25, 0.3) is 0 Å². The van der Waals surface area contributed by atoms with Crippen LogP contribution in [0.1, 0.15) is 13.8 Å². The van der Waals surface area contributed by atoms with E-state index in [0.29, 0.717) is 0 Å². The van der Waals surface area contributed by atoms with Gasteiger partial charge in [0.2, 0.25) is 10.0 Å². The highest BCUT2D eigenvalue weighted by molar-refractivity contribution is 7.89. The number of fused-ring (bicyclic) bond motifs is 1. The lowest BCUT2D eigenvalue weighted by atomic mass is 10.0. The Morgan fingerprint density at radius 1 is 1.13 bits per heavy atom. The Labute approximate surface area is 222 Å². The number of likely N-dealkylation sites (N-methyl/N-ethyl adjacent to an activating group) is 1. The second-order valence-electron chi connectivity index (χ2n) is 9.56. The van der Waals surface area contributed by atoms with E-state index in [-0.39, 0.29) is 41.9 Å². The van der Waals surface area contributed by atoms with Crippen LogP contribution in [0.15, 0.2) is 77.7 Å². The minimum Gasteiger partial charge on any atom is -0.487 e. The molecule has 1 aliphatic heterocycles. The monoisotopic (exact) mass is 541 g/mol. The molecule has 202 valence electrons. The van der Waals surface area contributed by atoms with Crippen molar-refractivity contribution in [2.45, 2.75) is 30.9 Å². The predicted octanol–water partition coefficient (Wildman–Crippen LogP) is 4.43. The molecule has 0 spiro atoms. The van der Waals surface area contributed by atoms with E-state index in [4.69, 9.17) is 4.74 Å². The molecule has 2 N–H and O–H groups in total. The summed E-state index contributed by atoms with van der Waals surface area (Å²) in [7, 11) is -2.42. The maximum absolute atomic E-state index is 14.1. The molecule has 3 aromatic rings. The molecule has 0 aliphatic carbocycles. The number of nitrogens with zero attached hydrogens (tertiary/aromatic N) is 2. The molecule has 8 nitrogen and oxygen atoms in total. The van der Waals surface area contributed by atoms with Crippen LogP contribution in [0.5, 0.6) is 5.75 Å². The van der Waals surface area contributed by atoms with Crippen LogP contribution in [-0.2, 0) is 10.0 Å². The van der Waals surface area contributed by atoms with Crippen molar-refractivity contribution >= 4 is 21.7 Å². The van der Waals surface area contributed by atoms with E-state index in [2.05, 4.69) is 5.32 Å². The molecule has 0 saturated carbocycles. The van der Waals surface area contributed by atoms with Gasteiger partial charge in [-0.15, -0.1) is 0 Å². The van der Waals surface area contributed by atoms with Crippen LogP contribution in [-0.4, -0.2) is 67.7 Å². The van der Waals surface area contributed by atoms with Crippen LogP contribution in [0.3, 0.4) is 0 Å². The summed E-state index contributed by atoms with van der Waals surface area (Å²) in [6.07, 6.45) is -0.597. The summed E-state index contributed by atoms with van der Waals surface area (Å²) in [4.78, 5) is 14.2. The molecule has 4 rings (SSSR count). The van der Waals surface area contributed by atoms with Crippen LogP contribution in [0.4, 0.5) is 14.9 Å². The number of aliphatic hydroxyl groups excluding tert-OH is 1. The lowest BCUT2D eigenvalue weighted by Gasteiger charge is -2.37. The molecular weight excluding hydrogens is 509 g/mol. The lowest BCUT2D eigenvalue weighted by Crippen LogP contribution is -2.50. The lowest BCUT2D eigenvalue weighted by molar-refractivity contribution is 0.0830. The zero-order valence-corrected chi connectivity index (χ0v) is 22.4. The van der Waals surface area contributed by atoms with Gasteiger partial charge in [-0.3, -0.25) is 0 Å². The minimum atomic E-state index is -3.99. The fraction of sp³-hybridized carbons (Fsp3) is 0.321. The van der Waals surface area contributed by atoms with Gasteiger partial charge in [-0.05, 0) is 42.3 Å². The summed E-state index contributed by atoms with van der Waals surface area (Å²) < 4.78 is 49.0. The van der Waals surface area contributed by atoms with Crippen molar-refractivity contribution in [3.8, 4) is 16.9 Å². The van der Waals surface area contributed by atoms with Crippen molar-refractivity contribution in [2.75, 3.05) is 32.1 Å². The molecule has 0 radical (unpaired) electrons. The average Bonchev–Trinajstić information content (AvgIpc) is 2.91. The number of amides is 2. The number of rotatable bonds is 6. The molecule has 2 amide bonds. The number of para-hydroxylation sites is 1. The van der Waals surface area contributed by atoms with Crippen molar-refractivity contribution in [2.24, 2.45) is 5.92 Å². The van der Waals surface area contributed by atoms with Gasteiger partial charge in [-0.1, -0.05) is 55.5 Å². The fourth-order valence-corrected chi connectivity index (χ4v) is 6.21. The molecule has 0 saturated heterocycles. The van der Waals surface area contributed by atoms with Crippen molar-refractivity contribution < 1.29 is 27.4 Å². The van der Waals surface area contributed by atoms with Gasteiger partial charge in [0.05, 0.1) is 18.8 Å². The van der Waals surface area contributed by atoms with E-state index < -0.39 is 34.0 Å². The van der Waals surface area contributed by atoms with Gasteiger partial charge >= 0.3 is 6.03 Å². The first-order valence-electron chi connectivity index (χ1n) is 12.4. The van der Waals surface area contributed by atoms with E-state index >= 15 is 0 Å². The third-order valence-corrected chi connectivity index (χ3v) is 8.71. The Balaban J connectivity index is 1.69. The highest BCUT2D eigenvalue weighted by atomic mass is 32.2. The number of benzene rings is 3. The van der Waals surface area contributed by atoms with Gasteiger partial charge in [0.15, 0.2) is 0 Å². The van der Waals surface area contributed by atoms with E-state index in [0.717, 1.165) is 11.1 Å². The van der Waals surface area contributed by atoms with Crippen molar-refractivity contribution in [1.82, 2.24) is 9.21 Å². The first kappa shape index (κ1) is 27.6. The van der Waals surface area contributed by atoms with E-state index in [1.54, 1.807) is 32.2 Å². The SMILES string of the molecule is C[C@@H]1CN([C@H](C)CO)S(=O)(=O)c2ccc(-c3ccccc3)cc2O[C@@H]1CN(C)C(=O)Nc1ccccc1F. The molecule has 0 fully saturated rings. The van der Waals surface area contributed by atoms with Crippen molar-refractivity contribution in [3.05, 3.63) is 78.6 Å². The zero-order valence-electron chi connectivity index (χ0n) is 21.5. The smallest absolute Gasteiger partial charge is 0.321 e. The average molecular weight is 542 g/mol. The number of ether oxygens (including phenoxy) is 1. The number of carbonyl (C=O) groups excluding carboxylic acids is 1. The zero-order chi connectivity index (χ0) is 27.4. The normalized spacial score (nSPS) is 19.8. The molecule has 3 aromatic carbocycles. The summed E-state index contributed by atoms with van der Waals surface area (Å²) in [5, 5.41) is 12.4. The number of anilines is 1. The first-order valence-corrected chi connectivity index (χ1v) is 13.8. The second kappa shape index (κ2) is 11.5. The second-order valence-corrected chi connectivity index (χ2v) is 11.4. The van der Waals surface area contributed by atoms with Crippen LogP contribution in [0.2, 0.25) is 0 Å². The molecule has 0 unspecified atom stereocenters. The highest BCUT2D eigenvalue weighted by Crippen LogP contribution is 2.36. The van der Waals surface area contributed by atoms with Crippen LogP contribution < -0.4 is 10.1 Å². The summed E-state index contributed by atoms with van der Waals surface area (Å²) in [6.45, 7) is 3.33. The third-order valence-electron chi connectivity index (χ3n) is 6.69. The number of urea groups is 1. The standard InChI is InChI=1S/C28H32FN3O5S/c1-19-16-32(20(2)18-33)38(35,36)27-14-13-22(21-9-5-4-6-10-21)15-25(27)37-26(19)17-31(3)28(34)30-24-12-8-7-11-23(24)29/h4-15,19-20,26,33H,16-18H2,1-3H3,(H,30,34)/t19-,20-,26-/m1/s1. The van der Waals surface area contributed by atoms with Gasteiger partial charge in [0.1, 0.15) is 22.6 Å². The number of nitrogens with one attached hydrogen (secondary N) is 1. The quantitative estimate of drug-likeness (QED) is 0.481. The molecule has 3 atom stereocenters. The number of aliphatic hydroxyl groups is 1. The summed E-state index contributed by atoms with van der Waals surface area (Å²) >= 11 is 0. The Kier molecular flexibility index (Phi) is 8.35. The number of carbonyl (C=O) groups is 1. The van der Waals surface area contributed by atoms with Gasteiger partial charge in [0, 0.05) is 25.6 Å². The van der Waals surface area contributed by atoms with Crippen LogP contribution in [0, 0.1) is 11.7 Å². The number of hydrogen-bond donors (Lipinski definition) is 2. The Morgan fingerprint density at radius 2 is 1.82 bits per heavy atom. The molecule has 1 heterocycles. The summed E-state index contributed by atoms with van der Waals surface area (Å²) in [5.74, 6) is -0.733. The Bertz CT molecular complexity index is 1390. The first-order chi connectivity index (χ1) is 18.1. The molecule has 0 aromatic heterocycles. The maximum atomic E-state index is 14.1. The molecule has 0 bridgehead atoms. The highest BCUT2D eigenvalue weighted by Gasteiger charge is 2.38. The molecule has 1 aliphatic rings. The fourth-order valence-electron chi connectivity index (χ4n) is 4.38. The van der Waals surface area contributed by atoms with E-state index in [1.165, 1.54) is 33.5 Å². The van der Waals surface area contributed by atoms with Crippen molar-refractivity contribution in [3.63, 3.8) is 0 Å². The minimum absolute atomic E-state index is 0.00663. The van der Waals surface area contributed by atoms with Gasteiger partial charge < -0.3 is 20.1 Å². The largest absolute Gasteiger partial charge is 0.487 e. The van der Waals surface area contributed by atoms with Gasteiger partial charge in [-0.2, -0.15) is 4.31 Å². The predicted molar refractivity (Wildman–Crippen MR) is 144 cm³/mol. The summed E-state index contributed by atoms with van der Waals surface area (Å²) in [5.41, 5.74) is 1.73. The molecule has 10 heteroatoms. The van der Waals surface area contributed by atoms with Crippen LogP contribution >= 0.6 is 0 Å². The number of halogens is 1. The summed E-state index contributed by atoms with van der Waals surface area (Å²) in [6, 6.07) is 19.1. The van der Waals surface area contributed by atoms with E-state index in [9.17, 15) is 22.7 Å². The number of sulfonamides is 1. The van der Waals surface area contributed by atoms with Crippen LogP contribution in [0.25, 0.3) is 11.1 Å². The topological polar surface area (TPSA) is 99.2 Å². The molecular formula is C28H32FN3O5S. The third kappa shape index (κ3) is 5.82. The maximum Gasteiger partial charge on any atom is 0.321 e. The Hall–Kier alpha value is -3.47. The van der Waals surface area contributed by atoms with Gasteiger partial charge in [-0.25, -0.2) is 17.6 Å². The van der Waals surface area contributed by atoms with E-state index in [1.807, 2.05) is 37.3 Å². The van der Waals surface area contributed by atoms with Crippen molar-refractivity contribution in [1.29, 1.82) is 0 Å². The Morgan fingerprint density at radius 3 is 2.50 bits per heavy atom. The number of hydrogen-bond acceptors (Lipinski definition) is 5. The molecule has 38 heavy (non-hydrogen) atoms.